The molecule has 0 aliphatic heterocycles. The molecule has 3 N–H and O–H groups in total. The number of nitrogen functional groups attached to an aromatic ring is 1. The second-order valence-corrected chi connectivity index (χ2v) is 6.75. The number of hydrogen-bond donors (Lipinski definition) is 2. The van der Waals surface area contributed by atoms with Gasteiger partial charge in [-0.25, -0.2) is 4.57 Å². The highest BCUT2D eigenvalue weighted by molar-refractivity contribution is 6.35. The Labute approximate surface area is 173 Å². The molecule has 0 saturated carbocycles. The number of halogens is 2. The Bertz CT molecular complexity index is 1090. The number of rotatable bonds is 2. The minimum atomic E-state index is -0.485. The van der Waals surface area contributed by atoms with E-state index in [2.05, 4.69) is 0 Å². The second-order valence-electron chi connectivity index (χ2n) is 5.91. The number of nitrogens with zero attached hydrogens (tertiary/aromatic N) is 2. The Morgan fingerprint density at radius 1 is 1.18 bits per heavy atom. The van der Waals surface area contributed by atoms with Gasteiger partial charge in [-0.15, -0.1) is 0 Å². The summed E-state index contributed by atoms with van der Waals surface area (Å²) in [6.07, 6.45) is 0.555. The van der Waals surface area contributed by atoms with Crippen molar-refractivity contribution < 1.29 is 5.11 Å². The molecular formula is C21H19Cl2N3O2. The van der Waals surface area contributed by atoms with Crippen LogP contribution in [0, 0.1) is 18.3 Å². The number of para-hydroxylation sites is 1. The monoisotopic (exact) mass is 415 g/mol. The number of aromatic nitrogens is 1. The SMILES string of the molecule is CCc1c(C)c(C#N)c(=O)n(-c2ccccc2)c1O.Nc1cc(Cl)ccc1Cl. The fourth-order valence-corrected chi connectivity index (χ4v) is 3.01. The molecule has 0 aliphatic rings. The molecule has 7 heteroatoms. The first-order valence-corrected chi connectivity index (χ1v) is 9.20. The summed E-state index contributed by atoms with van der Waals surface area (Å²) in [6.45, 7) is 3.57. The van der Waals surface area contributed by atoms with Gasteiger partial charge in [-0.1, -0.05) is 48.3 Å². The molecule has 0 unspecified atom stereocenters. The lowest BCUT2D eigenvalue weighted by atomic mass is 10.0. The van der Waals surface area contributed by atoms with Gasteiger partial charge in [0.1, 0.15) is 11.6 Å². The largest absolute Gasteiger partial charge is 0.494 e. The molecular weight excluding hydrogens is 397 g/mol. The molecule has 0 bridgehead atoms. The summed E-state index contributed by atoms with van der Waals surface area (Å²) < 4.78 is 1.18. The third kappa shape index (κ3) is 4.48. The van der Waals surface area contributed by atoms with E-state index in [0.29, 0.717) is 39.0 Å². The first-order valence-electron chi connectivity index (χ1n) is 8.45. The number of anilines is 1. The van der Waals surface area contributed by atoms with E-state index in [1.165, 1.54) is 4.57 Å². The van der Waals surface area contributed by atoms with E-state index in [9.17, 15) is 9.90 Å². The van der Waals surface area contributed by atoms with Crippen molar-refractivity contribution in [1.29, 1.82) is 5.26 Å². The average molecular weight is 416 g/mol. The van der Waals surface area contributed by atoms with Crippen molar-refractivity contribution in [2.45, 2.75) is 20.3 Å². The number of nitriles is 1. The molecule has 3 aromatic rings. The van der Waals surface area contributed by atoms with Crippen LogP contribution in [-0.2, 0) is 6.42 Å². The Balaban J connectivity index is 0.000000261. The van der Waals surface area contributed by atoms with E-state index in [1.54, 1.807) is 49.4 Å². The van der Waals surface area contributed by atoms with E-state index in [-0.39, 0.29) is 11.4 Å². The van der Waals surface area contributed by atoms with Crippen LogP contribution in [0.1, 0.15) is 23.6 Å². The maximum Gasteiger partial charge on any atom is 0.276 e. The van der Waals surface area contributed by atoms with Crippen molar-refractivity contribution in [2.75, 3.05) is 5.73 Å². The number of nitrogens with two attached hydrogens (primary N) is 1. The van der Waals surface area contributed by atoms with Gasteiger partial charge >= 0.3 is 0 Å². The Morgan fingerprint density at radius 3 is 2.32 bits per heavy atom. The van der Waals surface area contributed by atoms with Gasteiger partial charge in [0.05, 0.1) is 16.4 Å². The molecule has 1 heterocycles. The van der Waals surface area contributed by atoms with Crippen LogP contribution in [0.2, 0.25) is 10.0 Å². The normalized spacial score (nSPS) is 9.96. The molecule has 28 heavy (non-hydrogen) atoms. The molecule has 2 aromatic carbocycles. The molecule has 3 rings (SSSR count). The first-order chi connectivity index (χ1) is 13.3. The molecule has 0 amide bonds. The van der Waals surface area contributed by atoms with E-state index >= 15 is 0 Å². The van der Waals surface area contributed by atoms with Crippen molar-refractivity contribution >= 4 is 28.9 Å². The summed E-state index contributed by atoms with van der Waals surface area (Å²) in [6, 6.07) is 15.7. The smallest absolute Gasteiger partial charge is 0.276 e. The van der Waals surface area contributed by atoms with E-state index in [0.717, 1.165) is 0 Å². The number of aromatic hydroxyl groups is 1. The molecule has 0 fully saturated rings. The molecule has 0 radical (unpaired) electrons. The van der Waals surface area contributed by atoms with Crippen molar-refractivity contribution in [3.05, 3.63) is 85.6 Å². The zero-order valence-corrected chi connectivity index (χ0v) is 16.9. The second kappa shape index (κ2) is 9.32. The standard InChI is InChI=1S/C15H14N2O2.C6H5Cl2N/c1-3-12-10(2)13(9-16)15(19)17(14(12)18)11-7-5-4-6-8-11;7-4-1-2-5(8)6(9)3-4/h4-8,18H,3H2,1-2H3;1-3H,9H2. The molecule has 0 atom stereocenters. The highest BCUT2D eigenvalue weighted by Crippen LogP contribution is 2.25. The molecule has 0 saturated heterocycles. The van der Waals surface area contributed by atoms with Crippen molar-refractivity contribution in [3.8, 4) is 17.6 Å². The van der Waals surface area contributed by atoms with Gasteiger partial charge < -0.3 is 10.8 Å². The van der Waals surface area contributed by atoms with Gasteiger partial charge in [0, 0.05) is 10.6 Å². The van der Waals surface area contributed by atoms with E-state index in [4.69, 9.17) is 34.2 Å². The topological polar surface area (TPSA) is 92.0 Å². The summed E-state index contributed by atoms with van der Waals surface area (Å²) >= 11 is 11.2. The van der Waals surface area contributed by atoms with Gasteiger partial charge in [-0.3, -0.25) is 4.79 Å². The zero-order chi connectivity index (χ0) is 20.8. The van der Waals surface area contributed by atoms with Crippen molar-refractivity contribution in [2.24, 2.45) is 0 Å². The summed E-state index contributed by atoms with van der Waals surface area (Å²) in [5.41, 5.74) is 7.25. The molecule has 1 aromatic heterocycles. The van der Waals surface area contributed by atoms with Gasteiger partial charge in [0.2, 0.25) is 5.88 Å². The minimum absolute atomic E-state index is 0.0819. The number of benzene rings is 2. The van der Waals surface area contributed by atoms with Crippen LogP contribution in [0.15, 0.2) is 53.3 Å². The summed E-state index contributed by atoms with van der Waals surface area (Å²) in [4.78, 5) is 12.3. The predicted molar refractivity (Wildman–Crippen MR) is 113 cm³/mol. The van der Waals surface area contributed by atoms with Gasteiger partial charge in [-0.05, 0) is 49.2 Å². The third-order valence-electron chi connectivity index (χ3n) is 4.16. The highest BCUT2D eigenvalue weighted by Gasteiger charge is 2.18. The molecule has 0 spiro atoms. The Kier molecular flexibility index (Phi) is 7.11. The average Bonchev–Trinajstić information content (AvgIpc) is 2.67. The van der Waals surface area contributed by atoms with Gasteiger partial charge in [-0.2, -0.15) is 5.26 Å². The quantitative estimate of drug-likeness (QED) is 0.584. The van der Waals surface area contributed by atoms with Crippen molar-refractivity contribution in [1.82, 2.24) is 4.57 Å². The van der Waals surface area contributed by atoms with Crippen LogP contribution >= 0.6 is 23.2 Å². The Hall–Kier alpha value is -2.94. The van der Waals surface area contributed by atoms with Crippen LogP contribution in [0.25, 0.3) is 5.69 Å². The van der Waals surface area contributed by atoms with Crippen molar-refractivity contribution in [3.63, 3.8) is 0 Å². The first kappa shape index (κ1) is 21.4. The highest BCUT2D eigenvalue weighted by atomic mass is 35.5. The fourth-order valence-electron chi connectivity index (χ4n) is 2.71. The predicted octanol–water partition coefficient (Wildman–Crippen LogP) is 4.86. The van der Waals surface area contributed by atoms with Crippen LogP contribution in [0.4, 0.5) is 5.69 Å². The number of pyridine rings is 1. The number of hydrogen-bond acceptors (Lipinski definition) is 4. The molecule has 0 aliphatic carbocycles. The Morgan fingerprint density at radius 2 is 1.82 bits per heavy atom. The maximum absolute atomic E-state index is 12.3. The maximum atomic E-state index is 12.3. The van der Waals surface area contributed by atoms with Gasteiger partial charge in [0.25, 0.3) is 5.56 Å². The summed E-state index contributed by atoms with van der Waals surface area (Å²) in [7, 11) is 0. The third-order valence-corrected chi connectivity index (χ3v) is 4.74. The van der Waals surface area contributed by atoms with E-state index in [1.807, 2.05) is 19.1 Å². The van der Waals surface area contributed by atoms with Crippen LogP contribution in [0.3, 0.4) is 0 Å². The van der Waals surface area contributed by atoms with Crippen LogP contribution < -0.4 is 11.3 Å². The molecule has 144 valence electrons. The lowest BCUT2D eigenvalue weighted by Crippen LogP contribution is -2.23. The van der Waals surface area contributed by atoms with E-state index < -0.39 is 5.56 Å². The lowest BCUT2D eigenvalue weighted by molar-refractivity contribution is 0.427. The van der Waals surface area contributed by atoms with Crippen LogP contribution in [-0.4, -0.2) is 9.67 Å². The summed E-state index contributed by atoms with van der Waals surface area (Å²) in [5, 5.41) is 20.6. The zero-order valence-electron chi connectivity index (χ0n) is 15.4. The summed E-state index contributed by atoms with van der Waals surface area (Å²) in [5.74, 6) is -0.0878. The fraction of sp³-hybridized carbons (Fsp3) is 0.143. The van der Waals surface area contributed by atoms with Gasteiger partial charge in [0.15, 0.2) is 0 Å². The van der Waals surface area contributed by atoms with Crippen LogP contribution in [0.5, 0.6) is 5.88 Å². The molecule has 5 nitrogen and oxygen atoms in total. The lowest BCUT2D eigenvalue weighted by Gasteiger charge is -2.15. The minimum Gasteiger partial charge on any atom is -0.494 e.